The highest BCUT2D eigenvalue weighted by atomic mass is 16.5. The topological polar surface area (TPSA) is 74.1 Å². The van der Waals surface area contributed by atoms with Gasteiger partial charge in [0.15, 0.2) is 0 Å². The molecule has 0 bridgehead atoms. The van der Waals surface area contributed by atoms with Gasteiger partial charge < -0.3 is 15.4 Å². The minimum atomic E-state index is -0.430. The number of ether oxygens (including phenoxy) is 1. The van der Waals surface area contributed by atoms with Gasteiger partial charge in [-0.15, -0.1) is 0 Å². The van der Waals surface area contributed by atoms with Crippen molar-refractivity contribution in [2.75, 3.05) is 5.32 Å². The molecule has 1 fully saturated rings. The molecule has 138 valence electrons. The Labute approximate surface area is 159 Å². The Morgan fingerprint density at radius 2 is 2.04 bits per heavy atom. The van der Waals surface area contributed by atoms with E-state index in [1.54, 1.807) is 0 Å². The van der Waals surface area contributed by atoms with E-state index in [-0.39, 0.29) is 18.6 Å². The van der Waals surface area contributed by atoms with Gasteiger partial charge in [-0.3, -0.25) is 0 Å². The average molecular weight is 361 g/mol. The highest BCUT2D eigenvalue weighted by molar-refractivity contribution is 5.70. The Balaban J connectivity index is 1.52. The van der Waals surface area contributed by atoms with E-state index >= 15 is 0 Å². The Bertz CT molecular complexity index is 871. The Morgan fingerprint density at radius 3 is 2.74 bits per heavy atom. The van der Waals surface area contributed by atoms with Gasteiger partial charge in [0.2, 0.25) is 0 Å². The number of hydrogen-bond acceptors (Lipinski definition) is 4. The van der Waals surface area contributed by atoms with Gasteiger partial charge in [-0.1, -0.05) is 37.3 Å². The van der Waals surface area contributed by atoms with Crippen LogP contribution in [0.5, 0.6) is 0 Å². The van der Waals surface area contributed by atoms with Gasteiger partial charge in [0.1, 0.15) is 6.61 Å². The molecule has 1 aliphatic carbocycles. The number of alkyl carbamates (subject to hydrolysis) is 1. The molecule has 2 aromatic rings. The highest BCUT2D eigenvalue weighted by Crippen LogP contribution is 2.45. The summed E-state index contributed by atoms with van der Waals surface area (Å²) in [5.41, 5.74) is 3.50. The third-order valence-corrected chi connectivity index (χ3v) is 5.55. The van der Waals surface area contributed by atoms with Crippen LogP contribution in [0.2, 0.25) is 0 Å². The quantitative estimate of drug-likeness (QED) is 0.848. The molecule has 0 unspecified atom stereocenters. The fraction of sp³-hybridized carbons (Fsp3) is 0.364. The zero-order valence-corrected chi connectivity index (χ0v) is 15.3. The van der Waals surface area contributed by atoms with Crippen molar-refractivity contribution in [1.82, 2.24) is 5.32 Å². The molecule has 1 aliphatic heterocycles. The van der Waals surface area contributed by atoms with Crippen LogP contribution in [-0.2, 0) is 11.3 Å². The van der Waals surface area contributed by atoms with E-state index in [2.05, 4.69) is 23.6 Å². The summed E-state index contributed by atoms with van der Waals surface area (Å²) in [6.07, 6.45) is 2.01. The van der Waals surface area contributed by atoms with E-state index in [4.69, 9.17) is 4.74 Å². The molecular weight excluding hydrogens is 338 g/mol. The van der Waals surface area contributed by atoms with Crippen molar-refractivity contribution in [3.8, 4) is 6.07 Å². The minimum absolute atomic E-state index is 0.177. The number of fused-ring (bicyclic) bond motifs is 1. The Hall–Kier alpha value is -3.00. The zero-order valence-electron chi connectivity index (χ0n) is 15.3. The lowest BCUT2D eigenvalue weighted by molar-refractivity contribution is 0.130. The van der Waals surface area contributed by atoms with Crippen LogP contribution in [0.4, 0.5) is 10.5 Å². The van der Waals surface area contributed by atoms with Crippen molar-refractivity contribution in [2.24, 2.45) is 11.8 Å². The van der Waals surface area contributed by atoms with Gasteiger partial charge in [-0.2, -0.15) is 5.26 Å². The van der Waals surface area contributed by atoms with E-state index in [0.717, 1.165) is 16.8 Å². The zero-order chi connectivity index (χ0) is 18.8. The molecule has 2 N–H and O–H groups in total. The summed E-state index contributed by atoms with van der Waals surface area (Å²) in [7, 11) is 0. The second-order valence-electron chi connectivity index (χ2n) is 7.46. The summed E-state index contributed by atoms with van der Waals surface area (Å²) in [5.74, 6) is 0.858. The maximum atomic E-state index is 12.5. The predicted octanol–water partition coefficient (Wildman–Crippen LogP) is 4.37. The normalized spacial score (nSPS) is 23.5. The number of anilines is 1. The second kappa shape index (κ2) is 7.32. The first-order valence-electron chi connectivity index (χ1n) is 9.43. The first kappa shape index (κ1) is 17.4. The molecule has 5 heteroatoms. The smallest absolute Gasteiger partial charge is 0.407 e. The summed E-state index contributed by atoms with van der Waals surface area (Å²) < 4.78 is 5.43. The number of nitrogens with zero attached hydrogens (tertiary/aromatic N) is 1. The lowest BCUT2D eigenvalue weighted by Gasteiger charge is -2.39. The van der Waals surface area contributed by atoms with Gasteiger partial charge in [-0.05, 0) is 48.1 Å². The third kappa shape index (κ3) is 3.75. The molecule has 4 rings (SSSR count). The van der Waals surface area contributed by atoms with Crippen molar-refractivity contribution < 1.29 is 9.53 Å². The van der Waals surface area contributed by atoms with Gasteiger partial charge >= 0.3 is 6.09 Å². The van der Waals surface area contributed by atoms with Gasteiger partial charge in [-0.25, -0.2) is 4.79 Å². The van der Waals surface area contributed by atoms with Crippen LogP contribution in [0.3, 0.4) is 0 Å². The lowest BCUT2D eigenvalue weighted by Crippen LogP contribution is -2.45. The first-order chi connectivity index (χ1) is 13.2. The summed E-state index contributed by atoms with van der Waals surface area (Å²) in [4.78, 5) is 12.5. The SMILES string of the molecule is C[C@@H]1[C@@H](NC(=O)OCc2ccccc2)c2cc(C#N)ccc2N[C@H]1C1CC1. The van der Waals surface area contributed by atoms with Gasteiger partial charge in [0, 0.05) is 17.6 Å². The van der Waals surface area contributed by atoms with E-state index in [0.29, 0.717) is 17.5 Å². The van der Waals surface area contributed by atoms with Crippen molar-refractivity contribution >= 4 is 11.8 Å². The molecule has 2 aliphatic rings. The van der Waals surface area contributed by atoms with Crippen LogP contribution < -0.4 is 10.6 Å². The van der Waals surface area contributed by atoms with Gasteiger partial charge in [0.25, 0.3) is 0 Å². The summed E-state index contributed by atoms with van der Waals surface area (Å²) in [6.45, 7) is 2.39. The number of nitrogens with one attached hydrogen (secondary N) is 2. The van der Waals surface area contributed by atoms with Crippen LogP contribution >= 0.6 is 0 Å². The fourth-order valence-corrected chi connectivity index (χ4v) is 3.93. The molecule has 27 heavy (non-hydrogen) atoms. The molecule has 1 heterocycles. The van der Waals surface area contributed by atoms with Crippen LogP contribution in [0.15, 0.2) is 48.5 Å². The highest BCUT2D eigenvalue weighted by Gasteiger charge is 2.42. The van der Waals surface area contributed by atoms with Crippen LogP contribution in [0, 0.1) is 23.2 Å². The van der Waals surface area contributed by atoms with Crippen molar-refractivity contribution in [2.45, 2.75) is 38.5 Å². The second-order valence-corrected chi connectivity index (χ2v) is 7.46. The molecule has 2 aromatic carbocycles. The molecule has 0 aromatic heterocycles. The largest absolute Gasteiger partial charge is 0.445 e. The molecule has 5 nitrogen and oxygen atoms in total. The minimum Gasteiger partial charge on any atom is -0.445 e. The number of benzene rings is 2. The fourth-order valence-electron chi connectivity index (χ4n) is 3.93. The van der Waals surface area contributed by atoms with Crippen LogP contribution in [-0.4, -0.2) is 12.1 Å². The number of carbonyl (C=O) groups excluding carboxylic acids is 1. The molecule has 0 saturated heterocycles. The summed E-state index contributed by atoms with van der Waals surface area (Å²) in [6, 6.07) is 17.6. The average Bonchev–Trinajstić information content (AvgIpc) is 3.54. The van der Waals surface area contributed by atoms with E-state index in [9.17, 15) is 10.1 Å². The maximum absolute atomic E-state index is 12.5. The molecule has 0 radical (unpaired) electrons. The Morgan fingerprint density at radius 1 is 1.26 bits per heavy atom. The first-order valence-corrected chi connectivity index (χ1v) is 9.43. The number of rotatable bonds is 4. The molecular formula is C22H23N3O2. The standard InChI is InChI=1S/C22H23N3O2/c1-14-20(17-8-9-17)24-19-10-7-16(12-23)11-18(19)21(14)25-22(26)27-13-15-5-3-2-4-6-15/h2-7,10-11,14,17,20-21,24H,8-9,13H2,1H3,(H,25,26)/t14-,20+,21+/m0/s1. The van der Waals surface area contributed by atoms with Crippen LogP contribution in [0.1, 0.15) is 42.5 Å². The number of hydrogen-bond donors (Lipinski definition) is 2. The predicted molar refractivity (Wildman–Crippen MR) is 103 cm³/mol. The summed E-state index contributed by atoms with van der Waals surface area (Å²) in [5, 5.41) is 15.9. The number of amides is 1. The maximum Gasteiger partial charge on any atom is 0.407 e. The lowest BCUT2D eigenvalue weighted by atomic mass is 9.81. The van der Waals surface area contributed by atoms with Crippen molar-refractivity contribution in [3.63, 3.8) is 0 Å². The monoisotopic (exact) mass is 361 g/mol. The van der Waals surface area contributed by atoms with E-state index < -0.39 is 6.09 Å². The molecule has 1 saturated carbocycles. The number of nitriles is 1. The Kier molecular flexibility index (Phi) is 4.72. The molecule has 3 atom stereocenters. The molecule has 0 spiro atoms. The van der Waals surface area contributed by atoms with Crippen molar-refractivity contribution in [1.29, 1.82) is 5.26 Å². The van der Waals surface area contributed by atoms with E-state index in [1.807, 2.05) is 48.5 Å². The molecule has 1 amide bonds. The third-order valence-electron chi connectivity index (χ3n) is 5.55. The summed E-state index contributed by atoms with van der Waals surface area (Å²) >= 11 is 0. The van der Waals surface area contributed by atoms with Crippen LogP contribution in [0.25, 0.3) is 0 Å². The van der Waals surface area contributed by atoms with E-state index in [1.165, 1.54) is 12.8 Å². The van der Waals surface area contributed by atoms with Crippen molar-refractivity contribution in [3.05, 3.63) is 65.2 Å². The van der Waals surface area contributed by atoms with Gasteiger partial charge in [0.05, 0.1) is 17.7 Å². The number of carbonyl (C=O) groups is 1.